The van der Waals surface area contributed by atoms with Crippen LogP contribution < -0.4 is 26.2 Å². The summed E-state index contributed by atoms with van der Waals surface area (Å²) < 4.78 is 16.7. The van der Waals surface area contributed by atoms with Gasteiger partial charge in [-0.1, -0.05) is 164 Å². The van der Waals surface area contributed by atoms with Crippen LogP contribution in [0.2, 0.25) is 0 Å². The fourth-order valence-corrected chi connectivity index (χ4v) is 8.81. The van der Waals surface area contributed by atoms with Crippen molar-refractivity contribution >= 4 is 58.2 Å². The molecule has 9 rings (SSSR count). The second-order valence-corrected chi connectivity index (χ2v) is 15.7. The molecule has 0 bridgehead atoms. The molecule has 0 unspecified atom stereocenters. The van der Waals surface area contributed by atoms with Gasteiger partial charge in [0.1, 0.15) is 0 Å². The lowest BCUT2D eigenvalue weighted by molar-refractivity contribution is 0.590. The minimum atomic E-state index is -4.15. The van der Waals surface area contributed by atoms with Crippen molar-refractivity contribution in [2.45, 2.75) is 0 Å². The van der Waals surface area contributed by atoms with Gasteiger partial charge in [-0.25, -0.2) is 9.97 Å². The Morgan fingerprint density at radius 1 is 0.310 bits per heavy atom. The highest BCUT2D eigenvalue weighted by atomic mass is 31.2. The Hall–Kier alpha value is -7.61. The first-order chi connectivity index (χ1) is 28.6. The zero-order valence-corrected chi connectivity index (χ0v) is 32.0. The second kappa shape index (κ2) is 16.2. The fraction of sp³-hybridized carbons (Fsp3) is 0. The SMILES string of the molecule is O=P(c1ccccc1)(c1nc(-c2ccccc2)nc(N(c2ccccc2)c2ccccc2)n1)c1nc(-c2ccccc2)nc(N(c2ccccc2)c2ccccc2)n1. The number of nitrogens with zero attached hydrogens (tertiary/aromatic N) is 8. The molecule has 0 N–H and O–H groups in total. The number of anilines is 6. The van der Waals surface area contributed by atoms with Crippen LogP contribution in [0, 0.1) is 0 Å². The van der Waals surface area contributed by atoms with Gasteiger partial charge in [-0.15, -0.1) is 0 Å². The smallest absolute Gasteiger partial charge is 0.242 e. The highest BCUT2D eigenvalue weighted by Crippen LogP contribution is 2.43. The molecule has 0 saturated carbocycles. The summed E-state index contributed by atoms with van der Waals surface area (Å²) in [7, 11) is -4.15. The first-order valence-electron chi connectivity index (χ1n) is 18.8. The lowest BCUT2D eigenvalue weighted by Crippen LogP contribution is -2.35. The zero-order valence-electron chi connectivity index (χ0n) is 31.1. The van der Waals surface area contributed by atoms with E-state index < -0.39 is 7.14 Å². The highest BCUT2D eigenvalue weighted by molar-refractivity contribution is 7.84. The predicted octanol–water partition coefficient (Wildman–Crippen LogP) is 9.97. The quantitative estimate of drug-likeness (QED) is 0.119. The summed E-state index contributed by atoms with van der Waals surface area (Å²) in [5.74, 6) is 1.26. The summed E-state index contributed by atoms with van der Waals surface area (Å²) in [5.41, 5.74) is 4.78. The molecule has 0 saturated heterocycles. The summed E-state index contributed by atoms with van der Waals surface area (Å²) in [4.78, 5) is 34.5. The van der Waals surface area contributed by atoms with E-state index in [1.807, 2.05) is 222 Å². The largest absolute Gasteiger partial charge is 0.302 e. The summed E-state index contributed by atoms with van der Waals surface area (Å²) in [6.07, 6.45) is 0. The fourth-order valence-electron chi connectivity index (χ4n) is 6.65. The van der Waals surface area contributed by atoms with Gasteiger partial charge >= 0.3 is 0 Å². The highest BCUT2D eigenvalue weighted by Gasteiger charge is 2.39. The predicted molar refractivity (Wildman–Crippen MR) is 233 cm³/mol. The lowest BCUT2D eigenvalue weighted by atomic mass is 10.2. The Labute approximate surface area is 336 Å². The molecule has 0 atom stereocenters. The molecule has 0 aliphatic rings. The van der Waals surface area contributed by atoms with E-state index in [1.54, 1.807) is 0 Å². The van der Waals surface area contributed by atoms with Crippen molar-refractivity contribution in [2.24, 2.45) is 0 Å². The molecule has 0 fully saturated rings. The van der Waals surface area contributed by atoms with E-state index in [0.29, 0.717) is 17.0 Å². The number of hydrogen-bond acceptors (Lipinski definition) is 9. The van der Waals surface area contributed by atoms with Crippen LogP contribution in [0.25, 0.3) is 22.8 Å². The van der Waals surface area contributed by atoms with Gasteiger partial charge in [0.25, 0.3) is 0 Å². The summed E-state index contributed by atoms with van der Waals surface area (Å²) in [6, 6.07) is 67.9. The first kappa shape index (κ1) is 36.1. The summed E-state index contributed by atoms with van der Waals surface area (Å²) >= 11 is 0. The molecule has 2 heterocycles. The Morgan fingerprint density at radius 2 is 0.586 bits per heavy atom. The topological polar surface area (TPSA) is 101 Å². The van der Waals surface area contributed by atoms with E-state index in [-0.39, 0.29) is 23.0 Å². The molecule has 0 radical (unpaired) electrons. The van der Waals surface area contributed by atoms with Crippen LogP contribution in [-0.4, -0.2) is 29.9 Å². The average molecular weight is 771 g/mol. The maximum absolute atomic E-state index is 16.7. The first-order valence-corrected chi connectivity index (χ1v) is 20.5. The third kappa shape index (κ3) is 7.25. The molecule has 0 aliphatic heterocycles. The van der Waals surface area contributed by atoms with Gasteiger partial charge in [-0.2, -0.15) is 19.9 Å². The van der Waals surface area contributed by atoms with Crippen molar-refractivity contribution in [3.63, 3.8) is 0 Å². The summed E-state index contributed by atoms with van der Waals surface area (Å²) in [6.45, 7) is 0. The lowest BCUT2D eigenvalue weighted by Gasteiger charge is -2.26. The second-order valence-electron chi connectivity index (χ2n) is 13.2. The summed E-state index contributed by atoms with van der Waals surface area (Å²) in [5, 5.41) is 0.458. The van der Waals surface area contributed by atoms with Crippen LogP contribution in [0.5, 0.6) is 0 Å². The van der Waals surface area contributed by atoms with E-state index in [2.05, 4.69) is 0 Å². The van der Waals surface area contributed by atoms with Gasteiger partial charge < -0.3 is 4.57 Å². The normalized spacial score (nSPS) is 11.2. The number of para-hydroxylation sites is 4. The molecule has 9 nitrogen and oxygen atoms in total. The van der Waals surface area contributed by atoms with Gasteiger partial charge in [-0.3, -0.25) is 9.80 Å². The van der Waals surface area contributed by atoms with Crippen LogP contribution in [0.15, 0.2) is 212 Å². The van der Waals surface area contributed by atoms with Gasteiger partial charge in [0.2, 0.25) is 30.2 Å². The van der Waals surface area contributed by atoms with Crippen molar-refractivity contribution in [3.8, 4) is 22.8 Å². The molecule has 9 aromatic rings. The molecule has 7 aromatic carbocycles. The van der Waals surface area contributed by atoms with E-state index >= 15 is 4.57 Å². The van der Waals surface area contributed by atoms with Gasteiger partial charge in [0, 0.05) is 39.2 Å². The van der Waals surface area contributed by atoms with Crippen LogP contribution >= 0.6 is 7.14 Å². The average Bonchev–Trinajstić information content (AvgIpc) is 3.31. The molecular weight excluding hydrogens is 736 g/mol. The van der Waals surface area contributed by atoms with E-state index in [1.165, 1.54) is 0 Å². The maximum atomic E-state index is 16.7. The van der Waals surface area contributed by atoms with E-state index in [9.17, 15) is 0 Å². The molecule has 0 amide bonds. The standard InChI is InChI=1S/C48H35N8OP/c57-58(42-34-20-7-21-35-42,47-51-43(36-22-8-1-9-23-36)49-45(53-47)55(38-26-12-3-13-27-38)39-28-14-4-15-29-39)48-52-44(37-24-10-2-11-25-37)50-46(54-48)56(40-30-16-5-17-31-40)41-32-18-6-19-33-41/h1-35H. The van der Waals surface area contributed by atoms with Crippen molar-refractivity contribution in [1.82, 2.24) is 29.9 Å². The Bertz CT molecular complexity index is 2550. The third-order valence-electron chi connectivity index (χ3n) is 9.43. The Morgan fingerprint density at radius 3 is 0.897 bits per heavy atom. The Kier molecular flexibility index (Phi) is 10.1. The van der Waals surface area contributed by atoms with Crippen LogP contribution in [-0.2, 0) is 4.57 Å². The van der Waals surface area contributed by atoms with E-state index in [0.717, 1.165) is 33.9 Å². The van der Waals surface area contributed by atoms with Crippen LogP contribution in [0.4, 0.5) is 34.6 Å². The van der Waals surface area contributed by atoms with Gasteiger partial charge in [0.15, 0.2) is 11.6 Å². The monoisotopic (exact) mass is 770 g/mol. The molecule has 0 spiro atoms. The van der Waals surface area contributed by atoms with Gasteiger partial charge in [0.05, 0.1) is 0 Å². The molecular formula is C48H35N8OP. The molecule has 278 valence electrons. The number of aromatic nitrogens is 6. The Balaban J connectivity index is 1.35. The molecule has 58 heavy (non-hydrogen) atoms. The third-order valence-corrected chi connectivity index (χ3v) is 12.0. The number of hydrogen-bond donors (Lipinski definition) is 0. The van der Waals surface area contributed by atoms with Crippen molar-refractivity contribution < 1.29 is 4.57 Å². The molecule has 0 aliphatic carbocycles. The van der Waals surface area contributed by atoms with Gasteiger partial charge in [-0.05, 0) is 48.5 Å². The molecule has 2 aromatic heterocycles. The maximum Gasteiger partial charge on any atom is 0.242 e. The van der Waals surface area contributed by atoms with Crippen LogP contribution in [0.1, 0.15) is 0 Å². The number of benzene rings is 7. The van der Waals surface area contributed by atoms with Crippen LogP contribution in [0.3, 0.4) is 0 Å². The number of rotatable bonds is 11. The molecule has 10 heteroatoms. The van der Waals surface area contributed by atoms with E-state index in [4.69, 9.17) is 29.9 Å². The zero-order chi connectivity index (χ0) is 39.2. The minimum absolute atomic E-state index is 0.0292. The van der Waals surface area contributed by atoms with Crippen molar-refractivity contribution in [3.05, 3.63) is 212 Å². The minimum Gasteiger partial charge on any atom is -0.302 e. The van der Waals surface area contributed by atoms with Crippen molar-refractivity contribution in [1.29, 1.82) is 0 Å². The van der Waals surface area contributed by atoms with Crippen molar-refractivity contribution in [2.75, 3.05) is 9.80 Å².